The molecule has 14 heteroatoms. The number of rotatable bonds is 22. The Hall–Kier alpha value is -3.43. The fourth-order valence-corrected chi connectivity index (χ4v) is 3.62. The normalized spacial score (nSPS) is 13.1. The zero-order valence-corrected chi connectivity index (χ0v) is 26.5. The first kappa shape index (κ1) is 38.6. The minimum atomic E-state index is -1.02. The van der Waals surface area contributed by atoms with Gasteiger partial charge in [0.25, 0.3) is 11.8 Å². The van der Waals surface area contributed by atoms with Crippen molar-refractivity contribution in [3.63, 3.8) is 0 Å². The Kier molecular flexibility index (Phi) is 19.4. The highest BCUT2D eigenvalue weighted by Gasteiger charge is 2.41. The highest BCUT2D eigenvalue weighted by molar-refractivity contribution is 6.24. The van der Waals surface area contributed by atoms with Crippen LogP contribution < -0.4 is 16.0 Å². The zero-order valence-electron chi connectivity index (χ0n) is 26.5. The van der Waals surface area contributed by atoms with E-state index in [4.69, 9.17) is 23.7 Å². The maximum atomic E-state index is 13.0. The number of methoxy groups -OCH3 is 1. The minimum Gasteiger partial charge on any atom is -0.382 e. The van der Waals surface area contributed by atoms with Gasteiger partial charge in [-0.15, -0.1) is 0 Å². The minimum absolute atomic E-state index is 0.0177. The van der Waals surface area contributed by atoms with E-state index in [-0.39, 0.29) is 35.5 Å². The summed E-state index contributed by atoms with van der Waals surface area (Å²) >= 11 is 0. The number of hydrogen-bond donors (Lipinski definition) is 3. The molecule has 1 aliphatic heterocycles. The van der Waals surface area contributed by atoms with Gasteiger partial charge in [0.15, 0.2) is 0 Å². The molecule has 0 aliphatic carbocycles. The number of hydrogen-bond acceptors (Lipinski definition) is 11. The maximum Gasteiger partial charge on any atom is 0.264 e. The Morgan fingerprint density at radius 2 is 1.43 bits per heavy atom. The van der Waals surface area contributed by atoms with Gasteiger partial charge in [-0.05, 0) is 39.3 Å². The Bertz CT molecular complexity index is 1030. The lowest BCUT2D eigenvalue weighted by Crippen LogP contribution is -2.41. The first-order chi connectivity index (χ1) is 21.1. The van der Waals surface area contributed by atoms with Crippen molar-refractivity contribution in [3.05, 3.63) is 29.3 Å². The van der Waals surface area contributed by atoms with Gasteiger partial charge in [-0.25, -0.2) is 0 Å². The van der Waals surface area contributed by atoms with Gasteiger partial charge in [0.2, 0.25) is 12.3 Å². The van der Waals surface area contributed by atoms with Crippen LogP contribution in [0.3, 0.4) is 0 Å². The van der Waals surface area contributed by atoms with Crippen LogP contribution in [-0.2, 0) is 38.1 Å². The molecule has 2 rings (SSSR count). The largest absolute Gasteiger partial charge is 0.382 e. The topological polar surface area (TPSA) is 171 Å². The molecule has 1 unspecified atom stereocenters. The van der Waals surface area contributed by atoms with E-state index in [1.165, 1.54) is 7.05 Å². The van der Waals surface area contributed by atoms with Crippen molar-refractivity contribution in [2.24, 2.45) is 0 Å². The van der Waals surface area contributed by atoms with Gasteiger partial charge in [0.1, 0.15) is 6.29 Å². The second kappa shape index (κ2) is 22.1. The quantitative estimate of drug-likeness (QED) is 0.0956. The number of anilines is 1. The number of fused-ring (bicyclic) bond motifs is 1. The van der Waals surface area contributed by atoms with Gasteiger partial charge in [0, 0.05) is 39.4 Å². The van der Waals surface area contributed by atoms with E-state index in [0.717, 1.165) is 4.90 Å². The average molecular weight is 625 g/mol. The number of nitrogens with zero attached hydrogens (tertiary/aromatic N) is 1. The lowest BCUT2D eigenvalue weighted by Gasteiger charge is -2.21. The van der Waals surface area contributed by atoms with Gasteiger partial charge in [0.05, 0.1) is 75.6 Å². The van der Waals surface area contributed by atoms with Gasteiger partial charge in [-0.3, -0.25) is 24.1 Å². The van der Waals surface area contributed by atoms with Crippen molar-refractivity contribution < 1.29 is 47.7 Å². The molecule has 4 amide bonds. The molecular weight excluding hydrogens is 576 g/mol. The molecule has 248 valence electrons. The number of carbonyl (C=O) groups is 5. The third-order valence-electron chi connectivity index (χ3n) is 6.15. The molecule has 0 spiro atoms. The molecular formula is C30H48N4O10. The molecule has 1 aromatic carbocycles. The smallest absolute Gasteiger partial charge is 0.264 e. The van der Waals surface area contributed by atoms with Crippen LogP contribution in [0.4, 0.5) is 5.69 Å². The maximum absolute atomic E-state index is 13.0. The standard InChI is InChI=1S/C25H36N4O9.C5H12O/c1-26-22(32)6-5-19(17-30)29-24(33)20-3-2-4-21(23(20)25(29)34)28-8-10-36-12-14-38-16-15-37-13-11-35-9-7-27-18-31;1-5(2,3)6-4/h2-4,17-19,28H,5-16H2,1H3,(H,26,32)(H,27,31);1-4H3. The second-order valence-corrected chi connectivity index (χ2v) is 10.4. The van der Waals surface area contributed by atoms with Crippen LogP contribution in [-0.4, -0.2) is 127 Å². The molecule has 1 heterocycles. The fraction of sp³-hybridized carbons (Fsp3) is 0.633. The van der Waals surface area contributed by atoms with E-state index in [1.807, 2.05) is 20.8 Å². The second-order valence-electron chi connectivity index (χ2n) is 10.4. The van der Waals surface area contributed by atoms with Crippen molar-refractivity contribution in [1.82, 2.24) is 15.5 Å². The lowest BCUT2D eigenvalue weighted by molar-refractivity contribution is -0.121. The van der Waals surface area contributed by atoms with E-state index in [9.17, 15) is 24.0 Å². The molecule has 0 saturated carbocycles. The van der Waals surface area contributed by atoms with Crippen LogP contribution in [0.25, 0.3) is 0 Å². The van der Waals surface area contributed by atoms with E-state index >= 15 is 0 Å². The number of aldehydes is 1. The Balaban J connectivity index is 0.00000146. The summed E-state index contributed by atoms with van der Waals surface area (Å²) in [5.74, 6) is -1.41. The lowest BCUT2D eigenvalue weighted by atomic mass is 10.1. The molecule has 0 fully saturated rings. The van der Waals surface area contributed by atoms with E-state index in [2.05, 4.69) is 16.0 Å². The number of benzene rings is 1. The number of ether oxygens (including phenoxy) is 5. The van der Waals surface area contributed by atoms with Crippen molar-refractivity contribution >= 4 is 36.1 Å². The summed E-state index contributed by atoms with van der Waals surface area (Å²) in [7, 11) is 3.18. The third kappa shape index (κ3) is 14.8. The number of amides is 4. The SMILES string of the molecule is CNC(=O)CCC(C=O)N1C(=O)c2cccc(NCCOCCOCCOCCOCCNC=O)c2C1=O.COC(C)(C)C. The van der Waals surface area contributed by atoms with Crippen LogP contribution in [0, 0.1) is 0 Å². The predicted octanol–water partition coefficient (Wildman–Crippen LogP) is 1.03. The van der Waals surface area contributed by atoms with Crippen LogP contribution in [0.1, 0.15) is 54.3 Å². The summed E-state index contributed by atoms with van der Waals surface area (Å²) in [6.07, 6.45) is 1.21. The summed E-state index contributed by atoms with van der Waals surface area (Å²) in [5.41, 5.74) is 0.931. The Morgan fingerprint density at radius 1 is 0.886 bits per heavy atom. The zero-order chi connectivity index (χ0) is 32.8. The van der Waals surface area contributed by atoms with E-state index in [0.29, 0.717) is 84.3 Å². The van der Waals surface area contributed by atoms with Crippen molar-refractivity contribution in [2.75, 3.05) is 85.4 Å². The molecule has 0 saturated heterocycles. The Morgan fingerprint density at radius 3 is 1.93 bits per heavy atom. The van der Waals surface area contributed by atoms with Crippen molar-refractivity contribution in [2.45, 2.75) is 45.3 Å². The van der Waals surface area contributed by atoms with Crippen LogP contribution in [0.5, 0.6) is 0 Å². The summed E-state index contributed by atoms with van der Waals surface area (Å²) in [5, 5.41) is 8.06. The summed E-state index contributed by atoms with van der Waals surface area (Å²) in [4.78, 5) is 60.0. The van der Waals surface area contributed by atoms with Crippen molar-refractivity contribution in [1.29, 1.82) is 0 Å². The van der Waals surface area contributed by atoms with Crippen LogP contribution in [0.2, 0.25) is 0 Å². The molecule has 0 bridgehead atoms. The highest BCUT2D eigenvalue weighted by atomic mass is 16.6. The summed E-state index contributed by atoms with van der Waals surface area (Å²) in [6.45, 7) is 10.2. The first-order valence-corrected chi connectivity index (χ1v) is 14.5. The van der Waals surface area contributed by atoms with Crippen LogP contribution >= 0.6 is 0 Å². The van der Waals surface area contributed by atoms with Gasteiger partial charge in [-0.2, -0.15) is 0 Å². The fourth-order valence-electron chi connectivity index (χ4n) is 3.62. The molecule has 1 atom stereocenters. The third-order valence-corrected chi connectivity index (χ3v) is 6.15. The van der Waals surface area contributed by atoms with E-state index in [1.54, 1.807) is 25.3 Å². The molecule has 0 radical (unpaired) electrons. The number of carbonyl (C=O) groups excluding carboxylic acids is 5. The molecule has 44 heavy (non-hydrogen) atoms. The van der Waals surface area contributed by atoms with E-state index < -0.39 is 17.9 Å². The summed E-state index contributed by atoms with van der Waals surface area (Å²) < 4.78 is 26.5. The molecule has 1 aliphatic rings. The van der Waals surface area contributed by atoms with Gasteiger partial charge < -0.3 is 44.4 Å². The molecule has 14 nitrogen and oxygen atoms in total. The van der Waals surface area contributed by atoms with Crippen molar-refractivity contribution in [3.8, 4) is 0 Å². The number of nitrogens with one attached hydrogen (secondary N) is 3. The molecule has 1 aromatic rings. The van der Waals surface area contributed by atoms with Gasteiger partial charge >= 0.3 is 0 Å². The molecule has 0 aromatic heterocycles. The highest BCUT2D eigenvalue weighted by Crippen LogP contribution is 2.31. The summed E-state index contributed by atoms with van der Waals surface area (Å²) in [6, 6.07) is 3.86. The Labute approximate surface area is 259 Å². The average Bonchev–Trinajstić information content (AvgIpc) is 3.27. The predicted molar refractivity (Wildman–Crippen MR) is 163 cm³/mol. The monoisotopic (exact) mass is 624 g/mol. The van der Waals surface area contributed by atoms with Gasteiger partial charge in [-0.1, -0.05) is 6.07 Å². The van der Waals surface area contributed by atoms with Crippen LogP contribution in [0.15, 0.2) is 18.2 Å². The number of imide groups is 1. The first-order valence-electron chi connectivity index (χ1n) is 14.5. The molecule has 3 N–H and O–H groups in total.